The van der Waals surface area contributed by atoms with Crippen molar-refractivity contribution in [2.75, 3.05) is 0 Å². The summed E-state index contributed by atoms with van der Waals surface area (Å²) in [6, 6.07) is 10.6. The Morgan fingerprint density at radius 2 is 1.51 bits per heavy atom. The number of phenols is 1. The van der Waals surface area contributed by atoms with E-state index in [-0.39, 0.29) is 24.1 Å². The topological polar surface area (TPSA) is 134 Å². The number of alkyl carbamates (subject to hydrolysis) is 1. The van der Waals surface area contributed by atoms with Crippen molar-refractivity contribution in [1.82, 2.24) is 15.5 Å². The first-order valence-corrected chi connectivity index (χ1v) is 16.5. The molecule has 0 aliphatic heterocycles. The van der Waals surface area contributed by atoms with Crippen LogP contribution in [0.15, 0.2) is 48.5 Å². The van der Waals surface area contributed by atoms with Crippen molar-refractivity contribution in [2.24, 2.45) is 5.92 Å². The van der Waals surface area contributed by atoms with Crippen LogP contribution < -0.4 is 10.6 Å². The SMILES string of the molecule is Cc1cc(C(C(=O)NC(Cc2ccccc2)C(=O)OC(C)(C)C)N(C(=O)C(CC(C)C)NC(=O)OC(C)(C)C)C2CCC2)ccc1O. The van der Waals surface area contributed by atoms with E-state index < -0.39 is 53.2 Å². The molecule has 2 aromatic carbocycles. The highest BCUT2D eigenvalue weighted by molar-refractivity contribution is 5.94. The molecule has 3 atom stereocenters. The molecule has 0 aromatic heterocycles. The number of carbonyl (C=O) groups is 4. The number of ether oxygens (including phenoxy) is 2. The molecule has 3 unspecified atom stereocenters. The van der Waals surface area contributed by atoms with Gasteiger partial charge in [0, 0.05) is 12.5 Å². The number of rotatable bonds is 12. The van der Waals surface area contributed by atoms with Gasteiger partial charge in [-0.05, 0) is 109 Å². The van der Waals surface area contributed by atoms with Gasteiger partial charge in [0.25, 0.3) is 0 Å². The Balaban J connectivity index is 2.09. The summed E-state index contributed by atoms with van der Waals surface area (Å²) in [6.07, 6.45) is 1.99. The van der Waals surface area contributed by atoms with Crippen LogP contribution in [0.4, 0.5) is 4.79 Å². The van der Waals surface area contributed by atoms with E-state index in [0.29, 0.717) is 30.4 Å². The zero-order chi connectivity index (χ0) is 35.1. The molecule has 3 rings (SSSR count). The maximum Gasteiger partial charge on any atom is 0.408 e. The fourth-order valence-electron chi connectivity index (χ4n) is 5.46. The Kier molecular flexibility index (Phi) is 12.5. The van der Waals surface area contributed by atoms with E-state index >= 15 is 0 Å². The molecule has 1 aliphatic rings. The summed E-state index contributed by atoms with van der Waals surface area (Å²) in [5.41, 5.74) is 0.257. The van der Waals surface area contributed by atoms with Gasteiger partial charge in [-0.25, -0.2) is 9.59 Å². The number of hydrogen-bond acceptors (Lipinski definition) is 7. The predicted molar refractivity (Wildman–Crippen MR) is 181 cm³/mol. The maximum atomic E-state index is 14.6. The third kappa shape index (κ3) is 11.3. The van der Waals surface area contributed by atoms with E-state index in [1.165, 1.54) is 6.07 Å². The molecule has 258 valence electrons. The van der Waals surface area contributed by atoms with Gasteiger partial charge in [-0.1, -0.05) is 50.2 Å². The van der Waals surface area contributed by atoms with E-state index in [1.54, 1.807) is 65.5 Å². The van der Waals surface area contributed by atoms with Crippen LogP contribution in [0.3, 0.4) is 0 Å². The molecule has 0 spiro atoms. The highest BCUT2D eigenvalue weighted by Gasteiger charge is 2.43. The summed E-state index contributed by atoms with van der Waals surface area (Å²) < 4.78 is 11.2. The van der Waals surface area contributed by atoms with Gasteiger partial charge in [0.05, 0.1) is 0 Å². The Hall–Kier alpha value is -4.08. The smallest absolute Gasteiger partial charge is 0.408 e. The summed E-state index contributed by atoms with van der Waals surface area (Å²) in [5.74, 6) is -1.50. The first kappa shape index (κ1) is 37.4. The Morgan fingerprint density at radius 3 is 2.02 bits per heavy atom. The number of aryl methyl sites for hydroxylation is 1. The average Bonchev–Trinajstić information content (AvgIpc) is 2.91. The van der Waals surface area contributed by atoms with E-state index in [1.807, 2.05) is 44.2 Å². The normalized spacial score (nSPS) is 15.5. The lowest BCUT2D eigenvalue weighted by atomic mass is 9.87. The molecule has 10 nitrogen and oxygen atoms in total. The second kappa shape index (κ2) is 15.7. The molecule has 0 heterocycles. The van der Waals surface area contributed by atoms with Crippen LogP contribution >= 0.6 is 0 Å². The molecule has 1 aliphatic carbocycles. The average molecular weight is 652 g/mol. The first-order chi connectivity index (χ1) is 21.8. The van der Waals surface area contributed by atoms with Gasteiger partial charge in [-0.2, -0.15) is 0 Å². The Morgan fingerprint density at radius 1 is 0.894 bits per heavy atom. The van der Waals surface area contributed by atoms with Gasteiger partial charge < -0.3 is 30.1 Å². The van der Waals surface area contributed by atoms with Crippen molar-refractivity contribution >= 4 is 23.9 Å². The monoisotopic (exact) mass is 651 g/mol. The van der Waals surface area contributed by atoms with Crippen LogP contribution in [-0.2, 0) is 30.3 Å². The molecule has 3 amide bonds. The van der Waals surface area contributed by atoms with Crippen molar-refractivity contribution in [3.63, 3.8) is 0 Å². The molecule has 10 heteroatoms. The van der Waals surface area contributed by atoms with Gasteiger partial charge in [-0.15, -0.1) is 0 Å². The van der Waals surface area contributed by atoms with E-state index in [0.717, 1.165) is 12.0 Å². The summed E-state index contributed by atoms with van der Waals surface area (Å²) >= 11 is 0. The van der Waals surface area contributed by atoms with Crippen molar-refractivity contribution in [2.45, 2.75) is 130 Å². The largest absolute Gasteiger partial charge is 0.508 e. The Bertz CT molecular complexity index is 1390. The molecule has 2 aromatic rings. The van der Waals surface area contributed by atoms with Crippen LogP contribution in [0, 0.1) is 12.8 Å². The zero-order valence-electron chi connectivity index (χ0n) is 29.4. The van der Waals surface area contributed by atoms with Crippen LogP contribution in [-0.4, -0.2) is 63.2 Å². The number of phenolic OH excluding ortho intramolecular Hbond substituents is 1. The van der Waals surface area contributed by atoms with Gasteiger partial charge in [0.15, 0.2) is 0 Å². The lowest BCUT2D eigenvalue weighted by molar-refractivity contribution is -0.159. The van der Waals surface area contributed by atoms with Gasteiger partial charge in [0.2, 0.25) is 11.8 Å². The predicted octanol–water partition coefficient (Wildman–Crippen LogP) is 6.13. The molecule has 0 saturated heterocycles. The molecule has 1 saturated carbocycles. The number of benzene rings is 2. The van der Waals surface area contributed by atoms with Gasteiger partial charge >= 0.3 is 12.1 Å². The molecular weight excluding hydrogens is 598 g/mol. The summed E-state index contributed by atoms with van der Waals surface area (Å²) in [7, 11) is 0. The fourth-order valence-corrected chi connectivity index (χ4v) is 5.46. The minimum atomic E-state index is -1.16. The van der Waals surface area contributed by atoms with Crippen LogP contribution in [0.1, 0.15) is 104 Å². The number of esters is 1. The molecule has 1 fully saturated rings. The van der Waals surface area contributed by atoms with Crippen molar-refractivity contribution < 1.29 is 33.8 Å². The molecule has 3 N–H and O–H groups in total. The summed E-state index contributed by atoms with van der Waals surface area (Å²) in [4.78, 5) is 57.2. The number of carbonyl (C=O) groups excluding carboxylic acids is 4. The number of aromatic hydroxyl groups is 1. The van der Waals surface area contributed by atoms with Crippen LogP contribution in [0.2, 0.25) is 0 Å². The number of nitrogens with zero attached hydrogens (tertiary/aromatic N) is 1. The first-order valence-electron chi connectivity index (χ1n) is 16.5. The van der Waals surface area contributed by atoms with Crippen molar-refractivity contribution in [3.05, 3.63) is 65.2 Å². The number of hydrogen-bond donors (Lipinski definition) is 3. The molecule has 47 heavy (non-hydrogen) atoms. The fraction of sp³-hybridized carbons (Fsp3) is 0.568. The van der Waals surface area contributed by atoms with Crippen LogP contribution in [0.5, 0.6) is 5.75 Å². The lowest BCUT2D eigenvalue weighted by Crippen LogP contribution is -2.59. The highest BCUT2D eigenvalue weighted by Crippen LogP contribution is 2.35. The lowest BCUT2D eigenvalue weighted by Gasteiger charge is -2.44. The molecule has 0 radical (unpaired) electrons. The maximum absolute atomic E-state index is 14.6. The second-order valence-electron chi connectivity index (χ2n) is 14.9. The molecule has 0 bridgehead atoms. The van der Waals surface area contributed by atoms with Gasteiger partial charge in [0.1, 0.15) is 35.1 Å². The third-order valence-electron chi connectivity index (χ3n) is 7.77. The van der Waals surface area contributed by atoms with E-state index in [4.69, 9.17) is 9.47 Å². The van der Waals surface area contributed by atoms with Crippen molar-refractivity contribution in [1.29, 1.82) is 0 Å². The standard InChI is InChI=1S/C37H53N3O7/c1-23(2)20-28(39-35(45)47-37(7,8)9)33(43)40(27-16-13-17-27)31(26-18-19-30(41)24(3)21-26)32(42)38-29(34(44)46-36(4,5)6)22-25-14-11-10-12-15-25/h10-12,14-15,18-19,21,23,27-29,31,41H,13,16-17,20,22H2,1-9H3,(H,38,42)(H,39,45). The van der Waals surface area contributed by atoms with Crippen LogP contribution in [0.25, 0.3) is 0 Å². The Labute approximate surface area is 279 Å². The minimum Gasteiger partial charge on any atom is -0.508 e. The summed E-state index contributed by atoms with van der Waals surface area (Å²) in [5, 5.41) is 16.0. The third-order valence-corrected chi connectivity index (χ3v) is 7.77. The highest BCUT2D eigenvalue weighted by atomic mass is 16.6. The second-order valence-corrected chi connectivity index (χ2v) is 14.9. The van der Waals surface area contributed by atoms with E-state index in [9.17, 15) is 24.3 Å². The van der Waals surface area contributed by atoms with Crippen molar-refractivity contribution in [3.8, 4) is 5.75 Å². The number of amides is 3. The minimum absolute atomic E-state index is 0.0349. The van der Waals surface area contributed by atoms with Gasteiger partial charge in [-0.3, -0.25) is 9.59 Å². The van der Waals surface area contributed by atoms with E-state index in [2.05, 4.69) is 10.6 Å². The number of nitrogens with one attached hydrogen (secondary N) is 2. The quantitative estimate of drug-likeness (QED) is 0.235. The molecular formula is C37H53N3O7. The zero-order valence-corrected chi connectivity index (χ0v) is 29.4. The summed E-state index contributed by atoms with van der Waals surface area (Å²) in [6.45, 7) is 16.1.